The lowest BCUT2D eigenvalue weighted by molar-refractivity contribution is 0.100. The van der Waals surface area contributed by atoms with Crippen molar-refractivity contribution in [3.63, 3.8) is 0 Å². The molecular weight excluding hydrogens is 238 g/mol. The molecular formula is C15H25N3O. The van der Waals surface area contributed by atoms with Gasteiger partial charge >= 0.3 is 0 Å². The first-order chi connectivity index (χ1) is 8.97. The van der Waals surface area contributed by atoms with Crippen LogP contribution in [0, 0.1) is 0 Å². The van der Waals surface area contributed by atoms with E-state index in [1.807, 2.05) is 0 Å². The van der Waals surface area contributed by atoms with Crippen LogP contribution in [0.3, 0.4) is 0 Å². The Labute approximate surface area is 115 Å². The highest BCUT2D eigenvalue weighted by atomic mass is 16.1. The Morgan fingerprint density at radius 3 is 2.53 bits per heavy atom. The molecule has 0 radical (unpaired) electrons. The lowest BCUT2D eigenvalue weighted by Gasteiger charge is -2.30. The number of rotatable bonds is 7. The summed E-state index contributed by atoms with van der Waals surface area (Å²) in [6.45, 7) is 7.38. The molecule has 0 aromatic heterocycles. The van der Waals surface area contributed by atoms with Crippen molar-refractivity contribution in [1.29, 1.82) is 0 Å². The average molecular weight is 263 g/mol. The van der Waals surface area contributed by atoms with Gasteiger partial charge in [-0.15, -0.1) is 0 Å². The molecule has 4 heteroatoms. The molecule has 0 saturated heterocycles. The molecule has 1 rings (SSSR count). The van der Waals surface area contributed by atoms with Gasteiger partial charge in [-0.25, -0.2) is 0 Å². The van der Waals surface area contributed by atoms with Crippen LogP contribution in [0.5, 0.6) is 0 Å². The van der Waals surface area contributed by atoms with Crippen molar-refractivity contribution in [3.05, 3.63) is 23.8 Å². The molecule has 0 aliphatic rings. The van der Waals surface area contributed by atoms with Crippen molar-refractivity contribution >= 4 is 17.3 Å². The zero-order chi connectivity index (χ0) is 14.4. The molecule has 0 atom stereocenters. The molecule has 0 bridgehead atoms. The number of anilines is 2. The van der Waals surface area contributed by atoms with Gasteiger partial charge in [0, 0.05) is 18.2 Å². The lowest BCUT2D eigenvalue weighted by Crippen LogP contribution is -2.32. The molecule has 0 fully saturated rings. The molecule has 0 saturated carbocycles. The van der Waals surface area contributed by atoms with Crippen LogP contribution >= 0.6 is 0 Å². The van der Waals surface area contributed by atoms with Gasteiger partial charge in [0.25, 0.3) is 0 Å². The third-order valence-corrected chi connectivity index (χ3v) is 3.25. The first-order valence-corrected chi connectivity index (χ1v) is 6.93. The summed E-state index contributed by atoms with van der Waals surface area (Å²) in [5.74, 6) is -0.418. The van der Waals surface area contributed by atoms with Crippen LogP contribution < -0.4 is 16.4 Å². The summed E-state index contributed by atoms with van der Waals surface area (Å²) in [6.07, 6.45) is 3.50. The monoisotopic (exact) mass is 263 g/mol. The van der Waals surface area contributed by atoms with Gasteiger partial charge in [0.1, 0.15) is 0 Å². The van der Waals surface area contributed by atoms with Gasteiger partial charge in [0.2, 0.25) is 5.91 Å². The fourth-order valence-electron chi connectivity index (χ4n) is 2.13. The summed E-state index contributed by atoms with van der Waals surface area (Å²) in [5, 5.41) is 0. The van der Waals surface area contributed by atoms with Gasteiger partial charge < -0.3 is 16.4 Å². The van der Waals surface area contributed by atoms with E-state index in [2.05, 4.69) is 25.7 Å². The number of hydrogen-bond donors (Lipinski definition) is 2. The van der Waals surface area contributed by atoms with E-state index in [-0.39, 0.29) is 0 Å². The van der Waals surface area contributed by atoms with E-state index in [4.69, 9.17) is 11.5 Å². The van der Waals surface area contributed by atoms with Crippen molar-refractivity contribution in [3.8, 4) is 0 Å². The molecule has 19 heavy (non-hydrogen) atoms. The minimum Gasteiger partial charge on any atom is -0.397 e. The Hall–Kier alpha value is -1.71. The maximum atomic E-state index is 11.3. The maximum absolute atomic E-state index is 11.3. The molecule has 1 amide bonds. The van der Waals surface area contributed by atoms with Crippen molar-refractivity contribution in [1.82, 2.24) is 0 Å². The Balaban J connectivity index is 3.00. The number of unbranched alkanes of at least 4 members (excludes halogenated alkanes) is 2. The van der Waals surface area contributed by atoms with Crippen molar-refractivity contribution in [2.24, 2.45) is 5.73 Å². The lowest BCUT2D eigenvalue weighted by atomic mass is 10.1. The van der Waals surface area contributed by atoms with Gasteiger partial charge in [0.15, 0.2) is 0 Å². The Bertz CT molecular complexity index is 429. The number of nitrogens with two attached hydrogens (primary N) is 2. The second kappa shape index (κ2) is 7.02. The number of nitrogen functional groups attached to an aromatic ring is 1. The van der Waals surface area contributed by atoms with E-state index >= 15 is 0 Å². The molecule has 0 aliphatic heterocycles. The van der Waals surface area contributed by atoms with Crippen molar-refractivity contribution in [2.75, 3.05) is 17.2 Å². The molecule has 1 aromatic carbocycles. The smallest absolute Gasteiger partial charge is 0.248 e. The number of primary amides is 1. The van der Waals surface area contributed by atoms with Crippen LogP contribution in [0.2, 0.25) is 0 Å². The van der Waals surface area contributed by atoms with Crippen LogP contribution in [-0.4, -0.2) is 18.5 Å². The maximum Gasteiger partial charge on any atom is 0.248 e. The summed E-state index contributed by atoms with van der Waals surface area (Å²) in [4.78, 5) is 13.5. The number of amides is 1. The van der Waals surface area contributed by atoms with Crippen LogP contribution in [0.15, 0.2) is 18.2 Å². The largest absolute Gasteiger partial charge is 0.397 e. The van der Waals surface area contributed by atoms with E-state index in [0.29, 0.717) is 17.3 Å². The van der Waals surface area contributed by atoms with Crippen LogP contribution in [0.4, 0.5) is 11.4 Å². The predicted octanol–water partition coefficient (Wildman–Crippen LogP) is 2.77. The molecule has 0 aliphatic carbocycles. The number of hydrogen-bond acceptors (Lipinski definition) is 3. The van der Waals surface area contributed by atoms with Crippen LogP contribution in [-0.2, 0) is 0 Å². The standard InChI is InChI=1S/C15H25N3O/c1-4-5-6-9-18(11(2)3)14-10-12(15(17)19)7-8-13(14)16/h7-8,10-11H,4-6,9,16H2,1-3H3,(H2,17,19). The van der Waals surface area contributed by atoms with Gasteiger partial charge in [-0.05, 0) is 38.5 Å². The fourth-order valence-corrected chi connectivity index (χ4v) is 2.13. The fraction of sp³-hybridized carbons (Fsp3) is 0.533. The number of carbonyl (C=O) groups is 1. The number of benzene rings is 1. The van der Waals surface area contributed by atoms with Crippen LogP contribution in [0.1, 0.15) is 50.4 Å². The van der Waals surface area contributed by atoms with E-state index in [9.17, 15) is 4.79 Å². The molecule has 0 heterocycles. The average Bonchev–Trinajstić information content (AvgIpc) is 2.35. The van der Waals surface area contributed by atoms with Gasteiger partial charge in [-0.1, -0.05) is 19.8 Å². The second-order valence-electron chi connectivity index (χ2n) is 5.13. The Morgan fingerprint density at radius 2 is 2.00 bits per heavy atom. The highest BCUT2D eigenvalue weighted by Gasteiger charge is 2.14. The molecule has 106 valence electrons. The third kappa shape index (κ3) is 4.16. The molecule has 4 N–H and O–H groups in total. The molecule has 0 unspecified atom stereocenters. The summed E-state index contributed by atoms with van der Waals surface area (Å²) >= 11 is 0. The minimum absolute atomic E-state index is 0.335. The van der Waals surface area contributed by atoms with E-state index < -0.39 is 5.91 Å². The van der Waals surface area contributed by atoms with E-state index in [1.54, 1.807) is 18.2 Å². The van der Waals surface area contributed by atoms with Crippen molar-refractivity contribution in [2.45, 2.75) is 46.1 Å². The number of carbonyl (C=O) groups excluding carboxylic acids is 1. The molecule has 1 aromatic rings. The van der Waals surface area contributed by atoms with Gasteiger partial charge in [0.05, 0.1) is 11.4 Å². The van der Waals surface area contributed by atoms with Gasteiger partial charge in [-0.3, -0.25) is 4.79 Å². The topological polar surface area (TPSA) is 72.3 Å². The second-order valence-corrected chi connectivity index (χ2v) is 5.13. The first kappa shape index (κ1) is 15.3. The van der Waals surface area contributed by atoms with E-state index in [1.165, 1.54) is 12.8 Å². The van der Waals surface area contributed by atoms with Gasteiger partial charge in [-0.2, -0.15) is 0 Å². The summed E-state index contributed by atoms with van der Waals surface area (Å²) in [6, 6.07) is 5.56. The highest BCUT2D eigenvalue weighted by Crippen LogP contribution is 2.26. The normalized spacial score (nSPS) is 10.7. The number of nitrogens with zero attached hydrogens (tertiary/aromatic N) is 1. The minimum atomic E-state index is -0.418. The first-order valence-electron chi connectivity index (χ1n) is 6.93. The highest BCUT2D eigenvalue weighted by molar-refractivity contribution is 5.95. The zero-order valence-corrected chi connectivity index (χ0v) is 12.1. The van der Waals surface area contributed by atoms with Crippen LogP contribution in [0.25, 0.3) is 0 Å². The van der Waals surface area contributed by atoms with Crippen molar-refractivity contribution < 1.29 is 4.79 Å². The Morgan fingerprint density at radius 1 is 1.32 bits per heavy atom. The SMILES string of the molecule is CCCCCN(c1cc(C(N)=O)ccc1N)C(C)C. The molecule has 0 spiro atoms. The zero-order valence-electron chi connectivity index (χ0n) is 12.1. The summed E-state index contributed by atoms with van der Waals surface area (Å²) in [5.41, 5.74) is 13.5. The summed E-state index contributed by atoms with van der Waals surface area (Å²) in [7, 11) is 0. The summed E-state index contributed by atoms with van der Waals surface area (Å²) < 4.78 is 0. The predicted molar refractivity (Wildman–Crippen MR) is 81.4 cm³/mol. The third-order valence-electron chi connectivity index (χ3n) is 3.25. The van der Waals surface area contributed by atoms with E-state index in [0.717, 1.165) is 18.7 Å². The quantitative estimate of drug-likeness (QED) is 0.587. The Kier molecular flexibility index (Phi) is 5.67. The molecule has 4 nitrogen and oxygen atoms in total.